The zero-order valence-electron chi connectivity index (χ0n) is 5.98. The van der Waals surface area contributed by atoms with Gasteiger partial charge >= 0.3 is 0 Å². The highest BCUT2D eigenvalue weighted by Gasteiger charge is 2.16. The van der Waals surface area contributed by atoms with Gasteiger partial charge in [-0.25, -0.2) is 0 Å². The van der Waals surface area contributed by atoms with Crippen LogP contribution in [0.2, 0.25) is 0 Å². The maximum absolute atomic E-state index is 11.0. The normalized spacial score (nSPS) is 28.0. The van der Waals surface area contributed by atoms with E-state index in [4.69, 9.17) is 0 Å². The van der Waals surface area contributed by atoms with E-state index in [2.05, 4.69) is 6.08 Å². The van der Waals surface area contributed by atoms with Crippen molar-refractivity contribution in [1.82, 2.24) is 0 Å². The van der Waals surface area contributed by atoms with Crippen molar-refractivity contribution in [2.45, 2.75) is 26.7 Å². The van der Waals surface area contributed by atoms with Crippen LogP contribution in [0.4, 0.5) is 0 Å². The van der Waals surface area contributed by atoms with E-state index < -0.39 is 0 Å². The van der Waals surface area contributed by atoms with Crippen LogP contribution in [0, 0.1) is 5.92 Å². The molecule has 50 valence electrons. The first-order valence-corrected chi connectivity index (χ1v) is 3.41. The van der Waals surface area contributed by atoms with Crippen LogP contribution in [0.5, 0.6) is 0 Å². The number of carbonyl (C=O) groups is 1. The van der Waals surface area contributed by atoms with Gasteiger partial charge in [-0.1, -0.05) is 18.6 Å². The third kappa shape index (κ3) is 1.21. The van der Waals surface area contributed by atoms with Crippen molar-refractivity contribution in [3.8, 4) is 0 Å². The van der Waals surface area contributed by atoms with Crippen LogP contribution in [0.25, 0.3) is 0 Å². The largest absolute Gasteiger partial charge is 0.299 e. The van der Waals surface area contributed by atoms with Crippen molar-refractivity contribution in [3.63, 3.8) is 0 Å². The van der Waals surface area contributed by atoms with Gasteiger partial charge in [0.15, 0.2) is 0 Å². The minimum Gasteiger partial charge on any atom is -0.299 e. The lowest BCUT2D eigenvalue weighted by molar-refractivity contribution is -0.121. The van der Waals surface area contributed by atoms with Crippen LogP contribution in [0.1, 0.15) is 26.7 Å². The number of rotatable bonds is 0. The maximum atomic E-state index is 11.0. The average molecular weight is 124 g/mol. The lowest BCUT2D eigenvalue weighted by Gasteiger charge is -2.14. The zero-order chi connectivity index (χ0) is 6.85. The molecule has 0 bridgehead atoms. The van der Waals surface area contributed by atoms with Crippen LogP contribution in [0.15, 0.2) is 11.6 Å². The molecule has 0 N–H and O–H groups in total. The molecular formula is C8H12O. The smallest absolute Gasteiger partial charge is 0.140 e. The Morgan fingerprint density at radius 3 is 2.78 bits per heavy atom. The van der Waals surface area contributed by atoms with E-state index in [1.54, 1.807) is 0 Å². The predicted molar refractivity (Wildman–Crippen MR) is 37.2 cm³/mol. The van der Waals surface area contributed by atoms with E-state index in [0.717, 1.165) is 12.8 Å². The number of hydrogen-bond donors (Lipinski definition) is 0. The molecule has 0 aromatic heterocycles. The number of allylic oxidation sites excluding steroid dienone is 2. The number of ketones is 1. The molecule has 1 nitrogen and oxygen atoms in total. The first kappa shape index (κ1) is 6.53. The SMILES string of the molecule is CC1=CCCC(=O)C1C. The quantitative estimate of drug-likeness (QED) is 0.451. The Labute approximate surface area is 55.8 Å². The summed E-state index contributed by atoms with van der Waals surface area (Å²) in [5, 5.41) is 0. The molecule has 0 aliphatic heterocycles. The molecule has 0 spiro atoms. The van der Waals surface area contributed by atoms with Gasteiger partial charge in [-0.3, -0.25) is 4.79 Å². The van der Waals surface area contributed by atoms with Crippen LogP contribution >= 0.6 is 0 Å². The highest BCUT2D eigenvalue weighted by molar-refractivity contribution is 5.84. The summed E-state index contributed by atoms with van der Waals surface area (Å²) in [4.78, 5) is 11.0. The summed E-state index contributed by atoms with van der Waals surface area (Å²) in [5.41, 5.74) is 1.24. The summed E-state index contributed by atoms with van der Waals surface area (Å²) < 4.78 is 0. The first-order valence-electron chi connectivity index (χ1n) is 3.41. The predicted octanol–water partition coefficient (Wildman–Crippen LogP) is 1.93. The third-order valence-corrected chi connectivity index (χ3v) is 2.02. The van der Waals surface area contributed by atoms with Gasteiger partial charge in [0, 0.05) is 12.3 Å². The average Bonchev–Trinajstić information content (AvgIpc) is 1.83. The Hall–Kier alpha value is -0.590. The van der Waals surface area contributed by atoms with E-state index in [9.17, 15) is 4.79 Å². The van der Waals surface area contributed by atoms with Gasteiger partial charge in [-0.05, 0) is 13.3 Å². The molecule has 0 amide bonds. The lowest BCUT2D eigenvalue weighted by Crippen LogP contribution is -2.15. The lowest BCUT2D eigenvalue weighted by atomic mass is 9.89. The molecule has 0 saturated carbocycles. The molecule has 0 fully saturated rings. The van der Waals surface area contributed by atoms with E-state index in [0.29, 0.717) is 5.78 Å². The fourth-order valence-electron chi connectivity index (χ4n) is 1.09. The Bertz CT molecular complexity index is 156. The van der Waals surface area contributed by atoms with Crippen molar-refractivity contribution in [2.75, 3.05) is 0 Å². The maximum Gasteiger partial charge on any atom is 0.140 e. The van der Waals surface area contributed by atoms with Gasteiger partial charge < -0.3 is 0 Å². The molecule has 1 aliphatic carbocycles. The van der Waals surface area contributed by atoms with E-state index >= 15 is 0 Å². The van der Waals surface area contributed by atoms with Crippen LogP contribution in [-0.2, 0) is 4.79 Å². The van der Waals surface area contributed by atoms with Gasteiger partial charge in [-0.15, -0.1) is 0 Å². The summed E-state index contributed by atoms with van der Waals surface area (Å²) >= 11 is 0. The van der Waals surface area contributed by atoms with Crippen molar-refractivity contribution in [3.05, 3.63) is 11.6 Å². The highest BCUT2D eigenvalue weighted by Crippen LogP contribution is 2.19. The molecule has 9 heavy (non-hydrogen) atoms. The van der Waals surface area contributed by atoms with Crippen LogP contribution in [-0.4, -0.2) is 5.78 Å². The molecule has 0 saturated heterocycles. The van der Waals surface area contributed by atoms with E-state index in [-0.39, 0.29) is 5.92 Å². The van der Waals surface area contributed by atoms with Gasteiger partial charge in [-0.2, -0.15) is 0 Å². The molecular weight excluding hydrogens is 112 g/mol. The standard InChI is InChI=1S/C8H12O/c1-6-4-3-5-8(9)7(6)2/h4,7H,3,5H2,1-2H3. The minimum atomic E-state index is 0.193. The molecule has 1 rings (SSSR count). The summed E-state index contributed by atoms with van der Waals surface area (Å²) in [7, 11) is 0. The zero-order valence-corrected chi connectivity index (χ0v) is 5.98. The van der Waals surface area contributed by atoms with Crippen molar-refractivity contribution >= 4 is 5.78 Å². The Morgan fingerprint density at radius 1 is 1.67 bits per heavy atom. The fourth-order valence-corrected chi connectivity index (χ4v) is 1.09. The first-order chi connectivity index (χ1) is 4.22. The fraction of sp³-hybridized carbons (Fsp3) is 0.625. The van der Waals surface area contributed by atoms with Crippen LogP contribution < -0.4 is 0 Å². The summed E-state index contributed by atoms with van der Waals surface area (Å²) in [6.07, 6.45) is 3.86. The van der Waals surface area contributed by atoms with Gasteiger partial charge in [0.1, 0.15) is 5.78 Å². The molecule has 0 aromatic carbocycles. The molecule has 1 aliphatic rings. The Balaban J connectivity index is 2.74. The second kappa shape index (κ2) is 2.34. The molecule has 1 unspecified atom stereocenters. The van der Waals surface area contributed by atoms with Crippen molar-refractivity contribution in [2.24, 2.45) is 5.92 Å². The molecule has 0 radical (unpaired) electrons. The minimum absolute atomic E-state index is 0.193. The number of hydrogen-bond acceptors (Lipinski definition) is 1. The highest BCUT2D eigenvalue weighted by atomic mass is 16.1. The molecule has 1 heteroatoms. The number of Topliss-reactive ketones (excluding diaryl/α,β-unsaturated/α-hetero) is 1. The van der Waals surface area contributed by atoms with Crippen LogP contribution in [0.3, 0.4) is 0 Å². The second-order valence-corrected chi connectivity index (χ2v) is 2.67. The second-order valence-electron chi connectivity index (χ2n) is 2.67. The third-order valence-electron chi connectivity index (χ3n) is 2.02. The molecule has 1 atom stereocenters. The molecule has 0 aromatic rings. The van der Waals surface area contributed by atoms with Gasteiger partial charge in [0.25, 0.3) is 0 Å². The topological polar surface area (TPSA) is 17.1 Å². The summed E-state index contributed by atoms with van der Waals surface area (Å²) in [6, 6.07) is 0. The van der Waals surface area contributed by atoms with E-state index in [1.807, 2.05) is 13.8 Å². The number of carbonyl (C=O) groups excluding carboxylic acids is 1. The Morgan fingerprint density at radius 2 is 2.33 bits per heavy atom. The van der Waals surface area contributed by atoms with Gasteiger partial charge in [0.2, 0.25) is 0 Å². The summed E-state index contributed by atoms with van der Waals surface area (Å²) in [6.45, 7) is 4.01. The summed E-state index contributed by atoms with van der Waals surface area (Å²) in [5.74, 6) is 0.591. The van der Waals surface area contributed by atoms with Crippen molar-refractivity contribution in [1.29, 1.82) is 0 Å². The van der Waals surface area contributed by atoms with E-state index in [1.165, 1.54) is 5.57 Å². The van der Waals surface area contributed by atoms with Gasteiger partial charge in [0.05, 0.1) is 0 Å². The molecule has 0 heterocycles. The Kier molecular flexibility index (Phi) is 1.70. The monoisotopic (exact) mass is 124 g/mol. The van der Waals surface area contributed by atoms with Crippen molar-refractivity contribution < 1.29 is 4.79 Å².